The Hall–Kier alpha value is 0.177. The van der Waals surface area contributed by atoms with Crippen LogP contribution in [-0.2, 0) is 4.43 Å². The molecule has 0 N–H and O–H groups in total. The first-order chi connectivity index (χ1) is 9.06. The van der Waals surface area contributed by atoms with E-state index in [1.807, 2.05) is 0 Å². The van der Waals surface area contributed by atoms with Crippen molar-refractivity contribution in [1.82, 2.24) is 0 Å². The molecule has 2 aliphatic rings. The third-order valence-corrected chi connectivity index (χ3v) is 11.4. The van der Waals surface area contributed by atoms with Crippen molar-refractivity contribution in [3.05, 3.63) is 0 Å². The second-order valence-corrected chi connectivity index (χ2v) is 11.8. The predicted octanol–water partition coefficient (Wildman–Crippen LogP) is 5.76. The van der Waals surface area contributed by atoms with Gasteiger partial charge in [-0.1, -0.05) is 65.2 Å². The van der Waals surface area contributed by atoms with Crippen LogP contribution in [0.1, 0.15) is 72.1 Å². The molecule has 0 unspecified atom stereocenters. The van der Waals surface area contributed by atoms with Crippen molar-refractivity contribution in [2.24, 2.45) is 11.8 Å². The Morgan fingerprint density at radius 2 is 1.16 bits per heavy atom. The van der Waals surface area contributed by atoms with Crippen molar-refractivity contribution < 1.29 is 4.43 Å². The van der Waals surface area contributed by atoms with Crippen molar-refractivity contribution in [2.75, 3.05) is 6.61 Å². The minimum absolute atomic E-state index is 0.945. The van der Waals surface area contributed by atoms with Gasteiger partial charge in [0.05, 0.1) is 0 Å². The van der Waals surface area contributed by atoms with Crippen LogP contribution in [-0.4, -0.2) is 14.9 Å². The average molecular weight is 283 g/mol. The molecule has 0 atom stereocenters. The standard InChI is InChI=1S/C17H34OSi/c1-5-18-19(4,16-10-6-14(2)7-11-16)17-12-8-15(3)9-13-17/h14-17H,5-13H2,1-4H3. The molecule has 2 rings (SSSR count). The van der Waals surface area contributed by atoms with Crippen LogP contribution in [0.2, 0.25) is 17.6 Å². The maximum Gasteiger partial charge on any atom is 0.195 e. The van der Waals surface area contributed by atoms with Gasteiger partial charge in [-0.05, 0) is 36.4 Å². The van der Waals surface area contributed by atoms with Crippen LogP contribution in [0.25, 0.3) is 0 Å². The van der Waals surface area contributed by atoms with Gasteiger partial charge in [-0.25, -0.2) is 0 Å². The van der Waals surface area contributed by atoms with E-state index in [4.69, 9.17) is 4.43 Å². The molecular weight excluding hydrogens is 248 g/mol. The summed E-state index contributed by atoms with van der Waals surface area (Å²) < 4.78 is 6.52. The first-order valence-corrected chi connectivity index (χ1v) is 11.3. The monoisotopic (exact) mass is 282 g/mol. The Morgan fingerprint density at radius 1 is 0.789 bits per heavy atom. The normalized spacial score (nSPS) is 39.8. The quantitative estimate of drug-likeness (QED) is 0.596. The summed E-state index contributed by atoms with van der Waals surface area (Å²) in [4.78, 5) is 0. The number of hydrogen-bond donors (Lipinski definition) is 0. The van der Waals surface area contributed by atoms with Crippen LogP contribution in [0.3, 0.4) is 0 Å². The summed E-state index contributed by atoms with van der Waals surface area (Å²) in [6.07, 6.45) is 11.6. The molecule has 2 fully saturated rings. The van der Waals surface area contributed by atoms with Gasteiger partial charge < -0.3 is 4.43 Å². The highest BCUT2D eigenvalue weighted by molar-refractivity contribution is 6.75. The van der Waals surface area contributed by atoms with Crippen LogP contribution >= 0.6 is 0 Å². The molecule has 0 aromatic rings. The third kappa shape index (κ3) is 3.63. The molecule has 0 heterocycles. The van der Waals surface area contributed by atoms with Crippen LogP contribution in [0.15, 0.2) is 0 Å². The minimum atomic E-state index is -1.51. The summed E-state index contributed by atoms with van der Waals surface area (Å²) >= 11 is 0. The van der Waals surface area contributed by atoms with Crippen LogP contribution in [0, 0.1) is 11.8 Å². The van der Waals surface area contributed by atoms with Gasteiger partial charge in [0, 0.05) is 6.61 Å². The lowest BCUT2D eigenvalue weighted by Gasteiger charge is -2.46. The maximum atomic E-state index is 6.52. The largest absolute Gasteiger partial charge is 0.417 e. The lowest BCUT2D eigenvalue weighted by Crippen LogP contribution is -2.47. The van der Waals surface area contributed by atoms with E-state index in [-0.39, 0.29) is 0 Å². The molecule has 2 saturated carbocycles. The second kappa shape index (κ2) is 6.75. The van der Waals surface area contributed by atoms with Gasteiger partial charge in [-0.3, -0.25) is 0 Å². The van der Waals surface area contributed by atoms with E-state index in [2.05, 4.69) is 27.3 Å². The van der Waals surface area contributed by atoms with E-state index >= 15 is 0 Å². The Balaban J connectivity index is 2.03. The summed E-state index contributed by atoms with van der Waals surface area (Å²) in [5, 5.41) is 0. The highest BCUT2D eigenvalue weighted by Gasteiger charge is 2.46. The molecule has 19 heavy (non-hydrogen) atoms. The molecule has 2 aliphatic carbocycles. The van der Waals surface area contributed by atoms with Gasteiger partial charge in [0.15, 0.2) is 8.32 Å². The van der Waals surface area contributed by atoms with Gasteiger partial charge in [-0.2, -0.15) is 0 Å². The summed E-state index contributed by atoms with van der Waals surface area (Å²) in [6.45, 7) is 10.6. The highest BCUT2D eigenvalue weighted by atomic mass is 28.4. The maximum absolute atomic E-state index is 6.52. The van der Waals surface area contributed by atoms with Gasteiger partial charge >= 0.3 is 0 Å². The Bertz CT molecular complexity index is 240. The zero-order chi connectivity index (χ0) is 13.9. The van der Waals surface area contributed by atoms with Crippen LogP contribution in [0.5, 0.6) is 0 Å². The molecule has 0 radical (unpaired) electrons. The van der Waals surface area contributed by atoms with Crippen molar-refractivity contribution in [1.29, 1.82) is 0 Å². The van der Waals surface area contributed by atoms with Gasteiger partial charge in [0.25, 0.3) is 0 Å². The molecule has 0 bridgehead atoms. The SMILES string of the molecule is CCO[Si](C)(C1CCC(C)CC1)C1CCC(C)CC1. The molecule has 0 aliphatic heterocycles. The Morgan fingerprint density at radius 3 is 1.47 bits per heavy atom. The molecule has 2 heteroatoms. The van der Waals surface area contributed by atoms with Crippen molar-refractivity contribution >= 4 is 8.32 Å². The summed E-state index contributed by atoms with van der Waals surface area (Å²) in [5.41, 5.74) is 1.89. The molecule has 0 spiro atoms. The summed E-state index contributed by atoms with van der Waals surface area (Å²) in [7, 11) is -1.51. The van der Waals surface area contributed by atoms with Crippen LogP contribution < -0.4 is 0 Å². The fraction of sp³-hybridized carbons (Fsp3) is 1.00. The second-order valence-electron chi connectivity index (χ2n) is 7.53. The summed E-state index contributed by atoms with van der Waals surface area (Å²) in [5.74, 6) is 1.92. The topological polar surface area (TPSA) is 9.23 Å². The molecule has 0 aromatic heterocycles. The minimum Gasteiger partial charge on any atom is -0.417 e. The third-order valence-electron chi connectivity index (χ3n) is 6.11. The molecule has 1 nitrogen and oxygen atoms in total. The zero-order valence-corrected chi connectivity index (χ0v) is 14.6. The van der Waals surface area contributed by atoms with E-state index in [0.717, 1.165) is 29.5 Å². The Labute approximate surface area is 121 Å². The first kappa shape index (κ1) is 15.6. The molecule has 112 valence electrons. The van der Waals surface area contributed by atoms with E-state index in [9.17, 15) is 0 Å². The molecular formula is C17H34OSi. The molecule has 0 saturated heterocycles. The van der Waals surface area contributed by atoms with Gasteiger partial charge in [0.2, 0.25) is 0 Å². The molecule has 0 aromatic carbocycles. The van der Waals surface area contributed by atoms with Gasteiger partial charge in [-0.15, -0.1) is 0 Å². The molecule has 0 amide bonds. The van der Waals surface area contributed by atoms with E-state index < -0.39 is 8.32 Å². The zero-order valence-electron chi connectivity index (χ0n) is 13.6. The lowest BCUT2D eigenvalue weighted by molar-refractivity contribution is 0.258. The van der Waals surface area contributed by atoms with E-state index in [1.165, 1.54) is 51.4 Å². The Kier molecular flexibility index (Phi) is 5.53. The fourth-order valence-electron chi connectivity index (χ4n) is 4.55. The lowest BCUT2D eigenvalue weighted by atomic mass is 9.90. The summed E-state index contributed by atoms with van der Waals surface area (Å²) in [6, 6.07) is 0. The van der Waals surface area contributed by atoms with E-state index in [0.29, 0.717) is 0 Å². The fourth-order valence-corrected chi connectivity index (χ4v) is 9.27. The average Bonchev–Trinajstić information content (AvgIpc) is 2.40. The van der Waals surface area contributed by atoms with Crippen LogP contribution in [0.4, 0.5) is 0 Å². The van der Waals surface area contributed by atoms with Crippen molar-refractivity contribution in [3.8, 4) is 0 Å². The number of hydrogen-bond acceptors (Lipinski definition) is 1. The van der Waals surface area contributed by atoms with E-state index in [1.54, 1.807) is 0 Å². The van der Waals surface area contributed by atoms with Crippen molar-refractivity contribution in [2.45, 2.75) is 89.8 Å². The predicted molar refractivity (Wildman–Crippen MR) is 86.0 cm³/mol. The highest BCUT2D eigenvalue weighted by Crippen LogP contribution is 2.50. The van der Waals surface area contributed by atoms with Gasteiger partial charge in [0.1, 0.15) is 0 Å². The first-order valence-electron chi connectivity index (χ1n) is 8.70. The van der Waals surface area contributed by atoms with Crippen molar-refractivity contribution in [3.63, 3.8) is 0 Å². The number of rotatable bonds is 4. The smallest absolute Gasteiger partial charge is 0.195 e.